The second kappa shape index (κ2) is 8.69. The number of hydrogen-bond acceptors (Lipinski definition) is 3. The van der Waals surface area contributed by atoms with Gasteiger partial charge in [-0.05, 0) is 30.2 Å². The van der Waals surface area contributed by atoms with Gasteiger partial charge in [0.2, 0.25) is 0 Å². The fourth-order valence-electron chi connectivity index (χ4n) is 2.30. The summed E-state index contributed by atoms with van der Waals surface area (Å²) in [5.74, 6) is -0.0947. The maximum absolute atomic E-state index is 12.7. The summed E-state index contributed by atoms with van der Waals surface area (Å²) in [6.07, 6.45) is 1.68. The van der Waals surface area contributed by atoms with E-state index >= 15 is 0 Å². The van der Waals surface area contributed by atoms with E-state index in [0.717, 1.165) is 5.39 Å². The Morgan fingerprint density at radius 1 is 1.35 bits per heavy atom. The highest BCUT2D eigenvalue weighted by Crippen LogP contribution is 2.24. The number of amides is 1. The SMILES string of the molecule is CN(CC(C)(C)CN)C(=O)c1cc(Cl)cc2cccnc12.Cl.Cl. The summed E-state index contributed by atoms with van der Waals surface area (Å²) in [5, 5.41) is 1.39. The lowest BCUT2D eigenvalue weighted by atomic mass is 9.93. The Hall–Kier alpha value is -1.07. The van der Waals surface area contributed by atoms with Crippen molar-refractivity contribution in [3.8, 4) is 0 Å². The number of halogens is 3. The Balaban J connectivity index is 0.00000242. The van der Waals surface area contributed by atoms with Gasteiger partial charge in [0.15, 0.2) is 0 Å². The first-order chi connectivity index (χ1) is 9.84. The average Bonchev–Trinajstić information content (AvgIpc) is 2.45. The van der Waals surface area contributed by atoms with Crippen LogP contribution in [-0.2, 0) is 0 Å². The summed E-state index contributed by atoms with van der Waals surface area (Å²) in [6, 6.07) is 7.21. The van der Waals surface area contributed by atoms with E-state index in [-0.39, 0.29) is 36.1 Å². The van der Waals surface area contributed by atoms with E-state index in [1.165, 1.54) is 0 Å². The fourth-order valence-corrected chi connectivity index (χ4v) is 2.53. The van der Waals surface area contributed by atoms with Gasteiger partial charge in [0.1, 0.15) is 0 Å². The van der Waals surface area contributed by atoms with Crippen molar-refractivity contribution >= 4 is 53.2 Å². The van der Waals surface area contributed by atoms with Crippen LogP contribution in [0.15, 0.2) is 30.5 Å². The van der Waals surface area contributed by atoms with Crippen molar-refractivity contribution in [2.75, 3.05) is 20.1 Å². The van der Waals surface area contributed by atoms with E-state index < -0.39 is 0 Å². The Bertz CT molecular complexity index is 677. The van der Waals surface area contributed by atoms with Gasteiger partial charge in [0.25, 0.3) is 5.91 Å². The van der Waals surface area contributed by atoms with Crippen LogP contribution in [-0.4, -0.2) is 35.9 Å². The first kappa shape index (κ1) is 21.9. The average molecular weight is 379 g/mol. The molecule has 7 heteroatoms. The second-order valence-electron chi connectivity index (χ2n) is 6.06. The van der Waals surface area contributed by atoms with E-state index in [9.17, 15) is 4.79 Å². The minimum atomic E-state index is -0.133. The van der Waals surface area contributed by atoms with E-state index in [0.29, 0.717) is 29.2 Å². The number of nitrogens with two attached hydrogens (primary N) is 1. The van der Waals surface area contributed by atoms with E-state index in [4.69, 9.17) is 17.3 Å². The van der Waals surface area contributed by atoms with E-state index in [1.54, 1.807) is 24.2 Å². The van der Waals surface area contributed by atoms with Gasteiger partial charge in [-0.2, -0.15) is 0 Å². The third kappa shape index (κ3) is 5.21. The van der Waals surface area contributed by atoms with Crippen molar-refractivity contribution in [3.05, 3.63) is 41.0 Å². The number of pyridine rings is 1. The number of benzene rings is 1. The summed E-state index contributed by atoms with van der Waals surface area (Å²) in [4.78, 5) is 18.7. The minimum absolute atomic E-state index is 0. The molecule has 1 aromatic carbocycles. The maximum atomic E-state index is 12.7. The summed E-state index contributed by atoms with van der Waals surface area (Å²) in [7, 11) is 1.77. The zero-order valence-electron chi connectivity index (χ0n) is 13.4. The third-order valence-electron chi connectivity index (χ3n) is 3.46. The van der Waals surface area contributed by atoms with Crippen LogP contribution >= 0.6 is 36.4 Å². The van der Waals surface area contributed by atoms with Gasteiger partial charge in [-0.3, -0.25) is 9.78 Å². The van der Waals surface area contributed by atoms with Crippen LogP contribution in [0.5, 0.6) is 0 Å². The number of carbonyl (C=O) groups is 1. The van der Waals surface area contributed by atoms with Crippen LogP contribution in [0.2, 0.25) is 5.02 Å². The molecular weight excluding hydrogens is 357 g/mol. The monoisotopic (exact) mass is 377 g/mol. The van der Waals surface area contributed by atoms with Gasteiger partial charge in [-0.25, -0.2) is 0 Å². The molecule has 23 heavy (non-hydrogen) atoms. The Morgan fingerprint density at radius 2 is 2.00 bits per heavy atom. The summed E-state index contributed by atoms with van der Waals surface area (Å²) >= 11 is 6.11. The molecule has 1 aromatic heterocycles. The number of fused-ring (bicyclic) bond motifs is 1. The minimum Gasteiger partial charge on any atom is -0.341 e. The van der Waals surface area contributed by atoms with Crippen LogP contribution in [0.4, 0.5) is 0 Å². The van der Waals surface area contributed by atoms with Gasteiger partial charge in [0, 0.05) is 30.2 Å². The number of hydrogen-bond donors (Lipinski definition) is 1. The maximum Gasteiger partial charge on any atom is 0.255 e. The Labute approximate surface area is 154 Å². The van der Waals surface area contributed by atoms with Gasteiger partial charge in [0.05, 0.1) is 11.1 Å². The molecule has 0 spiro atoms. The molecule has 0 saturated carbocycles. The third-order valence-corrected chi connectivity index (χ3v) is 3.68. The van der Waals surface area contributed by atoms with Crippen LogP contribution in [0.1, 0.15) is 24.2 Å². The number of rotatable bonds is 4. The number of carbonyl (C=O) groups excluding carboxylic acids is 1. The Kier molecular flexibility index (Phi) is 8.29. The van der Waals surface area contributed by atoms with Crippen molar-refractivity contribution in [1.82, 2.24) is 9.88 Å². The number of aromatic nitrogens is 1. The Morgan fingerprint density at radius 3 is 2.61 bits per heavy atom. The van der Waals surface area contributed by atoms with Crippen molar-refractivity contribution < 1.29 is 4.79 Å². The summed E-state index contributed by atoms with van der Waals surface area (Å²) in [5.41, 5.74) is 6.80. The molecule has 0 aliphatic carbocycles. The molecule has 0 atom stereocenters. The normalized spacial score (nSPS) is 10.7. The molecule has 0 bridgehead atoms. The van der Waals surface area contributed by atoms with Gasteiger partial charge >= 0.3 is 0 Å². The molecule has 0 aliphatic rings. The highest BCUT2D eigenvalue weighted by Gasteiger charge is 2.23. The molecule has 128 valence electrons. The standard InChI is InChI=1S/C16H20ClN3O.2ClH/c1-16(2,9-18)10-20(3)15(21)13-8-12(17)7-11-5-4-6-19-14(11)13;;/h4-8H,9-10,18H2,1-3H3;2*1H. The molecule has 1 amide bonds. The van der Waals surface area contributed by atoms with Gasteiger partial charge in [-0.15, -0.1) is 24.8 Å². The topological polar surface area (TPSA) is 59.2 Å². The van der Waals surface area contributed by atoms with Crippen molar-refractivity contribution in [2.45, 2.75) is 13.8 Å². The zero-order valence-corrected chi connectivity index (χ0v) is 15.8. The number of nitrogens with zero attached hydrogens (tertiary/aromatic N) is 2. The lowest BCUT2D eigenvalue weighted by molar-refractivity contribution is 0.0742. The largest absolute Gasteiger partial charge is 0.341 e. The molecule has 4 nitrogen and oxygen atoms in total. The lowest BCUT2D eigenvalue weighted by Crippen LogP contribution is -2.39. The molecule has 1 heterocycles. The van der Waals surface area contributed by atoms with Gasteiger partial charge < -0.3 is 10.6 Å². The van der Waals surface area contributed by atoms with Crippen molar-refractivity contribution in [1.29, 1.82) is 0 Å². The first-order valence-corrected chi connectivity index (χ1v) is 7.22. The first-order valence-electron chi connectivity index (χ1n) is 6.84. The zero-order chi connectivity index (χ0) is 15.6. The van der Waals surface area contributed by atoms with Crippen LogP contribution in [0.3, 0.4) is 0 Å². The fraction of sp³-hybridized carbons (Fsp3) is 0.375. The predicted octanol–water partition coefficient (Wildman–Crippen LogP) is 3.79. The van der Waals surface area contributed by atoms with Crippen molar-refractivity contribution in [2.24, 2.45) is 11.1 Å². The van der Waals surface area contributed by atoms with Crippen molar-refractivity contribution in [3.63, 3.8) is 0 Å². The molecule has 0 saturated heterocycles. The second-order valence-corrected chi connectivity index (χ2v) is 6.49. The van der Waals surface area contributed by atoms with E-state index in [2.05, 4.69) is 4.98 Å². The molecule has 0 unspecified atom stereocenters. The smallest absolute Gasteiger partial charge is 0.255 e. The van der Waals surface area contributed by atoms with Crippen LogP contribution in [0.25, 0.3) is 10.9 Å². The molecule has 2 N–H and O–H groups in total. The van der Waals surface area contributed by atoms with Crippen LogP contribution < -0.4 is 5.73 Å². The molecule has 0 aliphatic heterocycles. The molecule has 0 fully saturated rings. The predicted molar refractivity (Wildman–Crippen MR) is 101 cm³/mol. The van der Waals surface area contributed by atoms with E-state index in [1.807, 2.05) is 32.0 Å². The van der Waals surface area contributed by atoms with Crippen LogP contribution in [0, 0.1) is 5.41 Å². The highest BCUT2D eigenvalue weighted by atomic mass is 35.5. The lowest BCUT2D eigenvalue weighted by Gasteiger charge is -2.29. The quantitative estimate of drug-likeness (QED) is 0.880. The molecule has 2 aromatic rings. The summed E-state index contributed by atoms with van der Waals surface area (Å²) < 4.78 is 0. The molecule has 0 radical (unpaired) electrons. The summed E-state index contributed by atoms with van der Waals surface area (Å²) in [6.45, 7) is 5.15. The van der Waals surface area contributed by atoms with Gasteiger partial charge in [-0.1, -0.05) is 31.5 Å². The molecular formula is C16H22Cl3N3O. The highest BCUT2D eigenvalue weighted by molar-refractivity contribution is 6.32. The molecule has 2 rings (SSSR count).